The standard InChI is InChI=1S/C17H15ClN2O3S/c18-12-7-5-11(6-8-12)17(23)24-14-4-2-1-3-13(14)16(22)20-10-9-15(19)21/h1-8H,9-10H2,(H2,19,21)(H,20,22). The molecule has 0 aliphatic rings. The summed E-state index contributed by atoms with van der Waals surface area (Å²) in [5.74, 6) is -0.848. The molecule has 124 valence electrons. The second kappa shape index (κ2) is 8.52. The fourth-order valence-corrected chi connectivity index (χ4v) is 2.88. The summed E-state index contributed by atoms with van der Waals surface area (Å²) in [6.07, 6.45) is 0.0603. The molecule has 0 fully saturated rings. The maximum absolute atomic E-state index is 12.3. The van der Waals surface area contributed by atoms with E-state index in [9.17, 15) is 14.4 Å². The van der Waals surface area contributed by atoms with Gasteiger partial charge in [0.15, 0.2) is 0 Å². The molecular weight excluding hydrogens is 348 g/mol. The molecule has 2 aromatic rings. The van der Waals surface area contributed by atoms with Gasteiger partial charge < -0.3 is 11.1 Å². The second-order valence-electron chi connectivity index (χ2n) is 4.86. The fraction of sp³-hybridized carbons (Fsp3) is 0.118. The van der Waals surface area contributed by atoms with Crippen LogP contribution in [0.1, 0.15) is 27.1 Å². The first-order valence-corrected chi connectivity index (χ1v) is 8.30. The first-order valence-electron chi connectivity index (χ1n) is 7.10. The number of rotatable bonds is 6. The lowest BCUT2D eigenvalue weighted by molar-refractivity contribution is -0.117. The van der Waals surface area contributed by atoms with Crippen LogP contribution in [0.15, 0.2) is 53.4 Å². The Labute approximate surface area is 148 Å². The van der Waals surface area contributed by atoms with Crippen molar-refractivity contribution >= 4 is 40.3 Å². The Morgan fingerprint density at radius 3 is 2.38 bits per heavy atom. The SMILES string of the molecule is NC(=O)CCNC(=O)c1ccccc1SC(=O)c1ccc(Cl)cc1. The predicted octanol–water partition coefficient (Wildman–Crippen LogP) is 2.88. The molecule has 0 heterocycles. The fourth-order valence-electron chi connectivity index (χ4n) is 1.88. The Balaban J connectivity index is 2.10. The zero-order valence-corrected chi connectivity index (χ0v) is 14.2. The number of benzene rings is 2. The van der Waals surface area contributed by atoms with E-state index in [-0.39, 0.29) is 24.0 Å². The molecule has 0 spiro atoms. The second-order valence-corrected chi connectivity index (χ2v) is 6.32. The van der Waals surface area contributed by atoms with E-state index in [0.717, 1.165) is 11.8 Å². The van der Waals surface area contributed by atoms with Gasteiger partial charge in [-0.05, 0) is 48.2 Å². The van der Waals surface area contributed by atoms with Crippen molar-refractivity contribution in [3.05, 3.63) is 64.7 Å². The van der Waals surface area contributed by atoms with Crippen LogP contribution in [-0.2, 0) is 4.79 Å². The maximum Gasteiger partial charge on any atom is 0.252 e. The van der Waals surface area contributed by atoms with Crippen molar-refractivity contribution in [2.75, 3.05) is 6.54 Å². The zero-order valence-electron chi connectivity index (χ0n) is 12.6. The van der Waals surface area contributed by atoms with Crippen LogP contribution in [0.2, 0.25) is 5.02 Å². The molecule has 24 heavy (non-hydrogen) atoms. The average Bonchev–Trinajstić information content (AvgIpc) is 2.55. The summed E-state index contributed by atoms with van der Waals surface area (Å²) in [5.41, 5.74) is 5.90. The maximum atomic E-state index is 12.3. The summed E-state index contributed by atoms with van der Waals surface area (Å²) in [6, 6.07) is 13.3. The molecule has 2 rings (SSSR count). The summed E-state index contributed by atoms with van der Waals surface area (Å²) >= 11 is 6.77. The van der Waals surface area contributed by atoms with E-state index in [4.69, 9.17) is 17.3 Å². The van der Waals surface area contributed by atoms with Crippen molar-refractivity contribution in [2.24, 2.45) is 5.73 Å². The van der Waals surface area contributed by atoms with Gasteiger partial charge in [-0.15, -0.1) is 0 Å². The molecule has 0 bridgehead atoms. The lowest BCUT2D eigenvalue weighted by atomic mass is 10.2. The number of carbonyl (C=O) groups excluding carboxylic acids is 3. The summed E-state index contributed by atoms with van der Waals surface area (Å²) in [6.45, 7) is 0.151. The highest BCUT2D eigenvalue weighted by atomic mass is 35.5. The average molecular weight is 363 g/mol. The van der Waals surface area contributed by atoms with E-state index < -0.39 is 5.91 Å². The van der Waals surface area contributed by atoms with Crippen molar-refractivity contribution in [3.8, 4) is 0 Å². The van der Waals surface area contributed by atoms with Crippen molar-refractivity contribution in [2.45, 2.75) is 11.3 Å². The highest BCUT2D eigenvalue weighted by molar-refractivity contribution is 8.14. The van der Waals surface area contributed by atoms with Gasteiger partial charge in [0.25, 0.3) is 5.91 Å². The molecule has 0 aliphatic heterocycles. The van der Waals surface area contributed by atoms with Crippen LogP contribution in [-0.4, -0.2) is 23.5 Å². The summed E-state index contributed by atoms with van der Waals surface area (Å²) in [4.78, 5) is 35.8. The number of hydrogen-bond donors (Lipinski definition) is 2. The zero-order chi connectivity index (χ0) is 17.5. The van der Waals surface area contributed by atoms with Gasteiger partial charge in [-0.1, -0.05) is 23.7 Å². The van der Waals surface area contributed by atoms with E-state index in [2.05, 4.69) is 5.32 Å². The van der Waals surface area contributed by atoms with Gasteiger partial charge in [-0.25, -0.2) is 0 Å². The number of thioether (sulfide) groups is 1. The normalized spacial score (nSPS) is 10.2. The third-order valence-electron chi connectivity index (χ3n) is 3.07. The van der Waals surface area contributed by atoms with Crippen LogP contribution < -0.4 is 11.1 Å². The molecule has 0 aliphatic carbocycles. The molecule has 0 unspecified atom stereocenters. The number of carbonyl (C=O) groups is 3. The number of nitrogens with two attached hydrogens (primary N) is 1. The molecule has 2 aromatic carbocycles. The topological polar surface area (TPSA) is 89.3 Å². The third kappa shape index (κ3) is 5.11. The smallest absolute Gasteiger partial charge is 0.252 e. The quantitative estimate of drug-likeness (QED) is 0.773. The van der Waals surface area contributed by atoms with E-state index in [0.29, 0.717) is 21.0 Å². The molecule has 7 heteroatoms. The Bertz CT molecular complexity index is 763. The number of amides is 2. The lowest BCUT2D eigenvalue weighted by Gasteiger charge is -2.09. The molecule has 3 N–H and O–H groups in total. The van der Waals surface area contributed by atoms with Crippen LogP contribution in [0, 0.1) is 0 Å². The number of primary amides is 1. The molecule has 5 nitrogen and oxygen atoms in total. The van der Waals surface area contributed by atoms with Crippen LogP contribution >= 0.6 is 23.4 Å². The van der Waals surface area contributed by atoms with Gasteiger partial charge in [0.1, 0.15) is 0 Å². The van der Waals surface area contributed by atoms with E-state index in [1.54, 1.807) is 48.5 Å². The van der Waals surface area contributed by atoms with Gasteiger partial charge in [-0.2, -0.15) is 0 Å². The highest BCUT2D eigenvalue weighted by Crippen LogP contribution is 2.27. The summed E-state index contributed by atoms with van der Waals surface area (Å²) in [7, 11) is 0. The number of hydrogen-bond acceptors (Lipinski definition) is 4. The number of nitrogens with one attached hydrogen (secondary N) is 1. The van der Waals surface area contributed by atoms with Crippen LogP contribution in [0.5, 0.6) is 0 Å². The molecule has 0 atom stereocenters. The number of halogens is 1. The van der Waals surface area contributed by atoms with Crippen molar-refractivity contribution < 1.29 is 14.4 Å². The minimum absolute atomic E-state index is 0.0603. The molecule has 0 saturated carbocycles. The molecule has 0 aromatic heterocycles. The molecule has 0 saturated heterocycles. The Hall–Kier alpha value is -2.31. The molecule has 2 amide bonds. The van der Waals surface area contributed by atoms with Gasteiger partial charge in [-0.3, -0.25) is 14.4 Å². The first-order chi connectivity index (χ1) is 11.5. The predicted molar refractivity (Wildman–Crippen MR) is 94.2 cm³/mol. The monoisotopic (exact) mass is 362 g/mol. The highest BCUT2D eigenvalue weighted by Gasteiger charge is 2.15. The van der Waals surface area contributed by atoms with Gasteiger partial charge in [0.2, 0.25) is 11.0 Å². The van der Waals surface area contributed by atoms with Crippen LogP contribution in [0.25, 0.3) is 0 Å². The van der Waals surface area contributed by atoms with Crippen molar-refractivity contribution in [1.82, 2.24) is 5.32 Å². The molecular formula is C17H15ClN2O3S. The summed E-state index contributed by atoms with van der Waals surface area (Å²) in [5, 5.41) is 2.97. The van der Waals surface area contributed by atoms with E-state index in [1.807, 2.05) is 0 Å². The minimum atomic E-state index is -0.490. The minimum Gasteiger partial charge on any atom is -0.370 e. The third-order valence-corrected chi connectivity index (χ3v) is 4.32. The Morgan fingerprint density at radius 1 is 1.04 bits per heavy atom. The lowest BCUT2D eigenvalue weighted by Crippen LogP contribution is -2.28. The van der Waals surface area contributed by atoms with E-state index >= 15 is 0 Å². The Kier molecular flexibility index (Phi) is 6.40. The molecule has 0 radical (unpaired) electrons. The van der Waals surface area contributed by atoms with Crippen LogP contribution in [0.3, 0.4) is 0 Å². The van der Waals surface area contributed by atoms with Gasteiger partial charge in [0, 0.05) is 28.4 Å². The van der Waals surface area contributed by atoms with Crippen LogP contribution in [0.4, 0.5) is 0 Å². The largest absolute Gasteiger partial charge is 0.370 e. The van der Waals surface area contributed by atoms with E-state index in [1.165, 1.54) is 0 Å². The Morgan fingerprint density at radius 2 is 1.71 bits per heavy atom. The van der Waals surface area contributed by atoms with Crippen molar-refractivity contribution in [1.29, 1.82) is 0 Å². The van der Waals surface area contributed by atoms with Gasteiger partial charge >= 0.3 is 0 Å². The first kappa shape index (κ1) is 18.0. The van der Waals surface area contributed by atoms with Gasteiger partial charge in [0.05, 0.1) is 5.56 Å². The summed E-state index contributed by atoms with van der Waals surface area (Å²) < 4.78 is 0. The van der Waals surface area contributed by atoms with Crippen molar-refractivity contribution in [3.63, 3.8) is 0 Å².